The molecule has 0 aliphatic rings. The van der Waals surface area contributed by atoms with Crippen molar-refractivity contribution < 1.29 is 13.6 Å². The maximum atomic E-state index is 12.3. The molecule has 0 heterocycles. The highest BCUT2D eigenvalue weighted by molar-refractivity contribution is 14.1. The van der Waals surface area contributed by atoms with Gasteiger partial charge in [0.1, 0.15) is 0 Å². The Morgan fingerprint density at radius 1 is 1.19 bits per heavy atom. The molecule has 0 spiro atoms. The first-order valence-corrected chi connectivity index (χ1v) is 8.48. The highest BCUT2D eigenvalue weighted by Gasteiger charge is 2.27. The highest BCUT2D eigenvalue weighted by atomic mass is 127. The minimum absolute atomic E-state index is 0.409. The van der Waals surface area contributed by atoms with Crippen LogP contribution in [0.15, 0.2) is 9.40 Å². The lowest BCUT2D eigenvalue weighted by Gasteiger charge is -2.16. The third-order valence-electron chi connectivity index (χ3n) is 1.98. The second-order valence-electron chi connectivity index (χ2n) is 3.36. The maximum Gasteiger partial charge on any atom is 0.367 e. The van der Waals surface area contributed by atoms with Crippen molar-refractivity contribution in [3.8, 4) is 0 Å². The number of halogens is 1. The maximum absolute atomic E-state index is 12.3. The van der Waals surface area contributed by atoms with E-state index in [9.17, 15) is 4.57 Å². The quantitative estimate of drug-likeness (QED) is 0.326. The van der Waals surface area contributed by atoms with Gasteiger partial charge >= 0.3 is 7.60 Å². The minimum Gasteiger partial charge on any atom is -0.305 e. The van der Waals surface area contributed by atoms with Gasteiger partial charge in [-0.15, -0.1) is 0 Å². The first kappa shape index (κ1) is 16.6. The summed E-state index contributed by atoms with van der Waals surface area (Å²) in [6.07, 6.45) is 6.44. The molecular weight excluding hydrogens is 338 g/mol. The summed E-state index contributed by atoms with van der Waals surface area (Å²) in [6, 6.07) is 0. The van der Waals surface area contributed by atoms with Gasteiger partial charge in [-0.25, -0.2) is 0 Å². The van der Waals surface area contributed by atoms with Crippen molar-refractivity contribution in [2.24, 2.45) is 0 Å². The van der Waals surface area contributed by atoms with Crippen LogP contribution in [-0.2, 0) is 13.6 Å². The molecule has 0 amide bonds. The molecular formula is C11H22IO3P. The van der Waals surface area contributed by atoms with E-state index in [1.54, 1.807) is 0 Å². The zero-order valence-corrected chi connectivity index (χ0v) is 13.4. The van der Waals surface area contributed by atoms with E-state index >= 15 is 0 Å². The third kappa shape index (κ3) is 6.38. The summed E-state index contributed by atoms with van der Waals surface area (Å²) < 4.78 is 23.5. The van der Waals surface area contributed by atoms with E-state index in [-0.39, 0.29) is 0 Å². The second-order valence-corrected chi connectivity index (χ2v) is 7.36. The van der Waals surface area contributed by atoms with Crippen molar-refractivity contribution in [3.63, 3.8) is 0 Å². The molecule has 96 valence electrons. The fourth-order valence-electron chi connectivity index (χ4n) is 1.23. The number of hydrogen-bond acceptors (Lipinski definition) is 3. The SMILES string of the molecule is CCCCC/C=C(/I)P(=O)(OCC)OCC. The molecule has 0 N–H and O–H groups in total. The van der Waals surface area contributed by atoms with Gasteiger partial charge < -0.3 is 9.05 Å². The van der Waals surface area contributed by atoms with Crippen molar-refractivity contribution in [1.82, 2.24) is 0 Å². The molecule has 16 heavy (non-hydrogen) atoms. The first-order chi connectivity index (χ1) is 7.60. The largest absolute Gasteiger partial charge is 0.367 e. The van der Waals surface area contributed by atoms with E-state index in [1.165, 1.54) is 12.8 Å². The topological polar surface area (TPSA) is 35.5 Å². The van der Waals surface area contributed by atoms with Gasteiger partial charge in [0.2, 0.25) is 0 Å². The lowest BCUT2D eigenvalue weighted by molar-refractivity contribution is 0.228. The van der Waals surface area contributed by atoms with E-state index in [2.05, 4.69) is 29.5 Å². The Balaban J connectivity index is 4.36. The smallest absolute Gasteiger partial charge is 0.305 e. The van der Waals surface area contributed by atoms with Gasteiger partial charge in [0, 0.05) is 0 Å². The Kier molecular flexibility index (Phi) is 10.0. The van der Waals surface area contributed by atoms with E-state index in [4.69, 9.17) is 9.05 Å². The van der Waals surface area contributed by atoms with Crippen LogP contribution in [-0.4, -0.2) is 13.2 Å². The summed E-state index contributed by atoms with van der Waals surface area (Å²) in [5.74, 6) is 0. The van der Waals surface area contributed by atoms with Crippen LogP contribution in [0.4, 0.5) is 0 Å². The van der Waals surface area contributed by atoms with Crippen molar-refractivity contribution in [2.75, 3.05) is 13.2 Å². The van der Waals surface area contributed by atoms with Crippen molar-refractivity contribution in [3.05, 3.63) is 9.40 Å². The van der Waals surface area contributed by atoms with Crippen LogP contribution in [0.3, 0.4) is 0 Å². The van der Waals surface area contributed by atoms with Crippen LogP contribution in [0.2, 0.25) is 0 Å². The van der Waals surface area contributed by atoms with Gasteiger partial charge in [-0.05, 0) is 49.3 Å². The summed E-state index contributed by atoms with van der Waals surface area (Å²) in [7, 11) is -3.01. The van der Waals surface area contributed by atoms with E-state index in [1.807, 2.05) is 19.9 Å². The monoisotopic (exact) mass is 360 g/mol. The van der Waals surface area contributed by atoms with E-state index in [0.717, 1.165) is 12.8 Å². The van der Waals surface area contributed by atoms with Crippen molar-refractivity contribution in [1.29, 1.82) is 0 Å². The molecule has 0 fully saturated rings. The van der Waals surface area contributed by atoms with Gasteiger partial charge in [0.25, 0.3) is 0 Å². The second kappa shape index (κ2) is 9.63. The van der Waals surface area contributed by atoms with E-state index < -0.39 is 7.60 Å². The lowest BCUT2D eigenvalue weighted by Crippen LogP contribution is -1.95. The average Bonchev–Trinajstić information content (AvgIpc) is 2.24. The Bertz CT molecular complexity index is 244. The minimum atomic E-state index is -3.01. The summed E-state index contributed by atoms with van der Waals surface area (Å²) in [5.41, 5.74) is 0. The summed E-state index contributed by atoms with van der Waals surface area (Å²) in [5, 5.41) is 0. The third-order valence-corrected chi connectivity index (χ3v) is 6.10. The van der Waals surface area contributed by atoms with Gasteiger partial charge in [-0.2, -0.15) is 0 Å². The van der Waals surface area contributed by atoms with Crippen LogP contribution in [0.5, 0.6) is 0 Å². The van der Waals surface area contributed by atoms with Crippen LogP contribution in [0.25, 0.3) is 0 Å². The van der Waals surface area contributed by atoms with Crippen molar-refractivity contribution >= 4 is 30.2 Å². The molecule has 0 aliphatic heterocycles. The number of unbranched alkanes of at least 4 members (excludes halogenated alkanes) is 3. The molecule has 0 aromatic heterocycles. The molecule has 0 aliphatic carbocycles. The Hall–Kier alpha value is 0.620. The Labute approximate surface area is 113 Å². The summed E-state index contributed by atoms with van der Waals surface area (Å²) in [6.45, 7) is 6.64. The molecule has 0 rings (SSSR count). The number of hydrogen-bond donors (Lipinski definition) is 0. The molecule has 0 unspecified atom stereocenters. The highest BCUT2D eigenvalue weighted by Crippen LogP contribution is 2.59. The standard InChI is InChI=1S/C11H22IO3P/c1-4-7-8-9-10-11(12)16(13,14-5-2)15-6-3/h10H,4-9H2,1-3H3/b11-10-. The summed E-state index contributed by atoms with van der Waals surface area (Å²) >= 11 is 2.07. The fraction of sp³-hybridized carbons (Fsp3) is 0.818. The molecule has 0 radical (unpaired) electrons. The average molecular weight is 360 g/mol. The number of rotatable bonds is 9. The van der Waals surface area contributed by atoms with Crippen LogP contribution in [0.1, 0.15) is 46.5 Å². The van der Waals surface area contributed by atoms with Gasteiger partial charge in [-0.1, -0.05) is 25.8 Å². The Morgan fingerprint density at radius 2 is 1.75 bits per heavy atom. The molecule has 0 saturated carbocycles. The van der Waals surface area contributed by atoms with E-state index in [0.29, 0.717) is 16.5 Å². The molecule has 0 aromatic carbocycles. The Morgan fingerprint density at radius 3 is 2.19 bits per heavy atom. The van der Waals surface area contributed by atoms with Gasteiger partial charge in [-0.3, -0.25) is 4.57 Å². The molecule has 5 heteroatoms. The van der Waals surface area contributed by atoms with Crippen LogP contribution in [0, 0.1) is 0 Å². The van der Waals surface area contributed by atoms with Crippen LogP contribution < -0.4 is 0 Å². The zero-order chi connectivity index (χ0) is 12.4. The molecule has 0 aromatic rings. The normalized spacial score (nSPS) is 13.1. The number of allylic oxidation sites excluding steroid dienone is 1. The molecule has 3 nitrogen and oxygen atoms in total. The lowest BCUT2D eigenvalue weighted by atomic mass is 10.2. The predicted octanol–water partition coefficient (Wildman–Crippen LogP) is 5.11. The molecule has 0 atom stereocenters. The fourth-order valence-corrected chi connectivity index (χ4v) is 3.73. The van der Waals surface area contributed by atoms with Gasteiger partial charge in [0.15, 0.2) is 0 Å². The zero-order valence-electron chi connectivity index (χ0n) is 10.4. The predicted molar refractivity (Wildman–Crippen MR) is 77.1 cm³/mol. The van der Waals surface area contributed by atoms with Crippen LogP contribution >= 0.6 is 30.2 Å². The summed E-state index contributed by atoms with van der Waals surface area (Å²) in [4.78, 5) is 0. The molecule has 0 bridgehead atoms. The van der Waals surface area contributed by atoms with Gasteiger partial charge in [0.05, 0.1) is 16.5 Å². The first-order valence-electron chi connectivity index (χ1n) is 5.86. The van der Waals surface area contributed by atoms with Crippen molar-refractivity contribution in [2.45, 2.75) is 46.5 Å². The molecule has 0 saturated heterocycles.